The van der Waals surface area contributed by atoms with Gasteiger partial charge in [0.25, 0.3) is 0 Å². The SMILES string of the molecule is CCCCCC(C=Nc1ccc(CCCC)c(CCCC)c1)=Nc1ccc(CCCC)c(CCCC)c1. The summed E-state index contributed by atoms with van der Waals surface area (Å²) in [5.74, 6) is 0. The minimum Gasteiger partial charge on any atom is -0.255 e. The fourth-order valence-electron chi connectivity index (χ4n) is 4.82. The molecule has 0 aliphatic heterocycles. The zero-order valence-corrected chi connectivity index (χ0v) is 24.7. The van der Waals surface area contributed by atoms with Crippen LogP contribution in [0, 0.1) is 0 Å². The zero-order chi connectivity index (χ0) is 26.7. The standard InChI is InChI=1S/C35H54N2/c1-6-11-16-21-35(37-34-25-23-30(18-13-8-3)32(27-34)20-15-10-5)28-36-33-24-22-29(17-12-7-2)31(26-33)19-14-9-4/h22-28H,6-21H2,1-5H3. The van der Waals surface area contributed by atoms with Crippen molar-refractivity contribution in [2.75, 3.05) is 0 Å². The van der Waals surface area contributed by atoms with Gasteiger partial charge in [-0.2, -0.15) is 0 Å². The van der Waals surface area contributed by atoms with Crippen molar-refractivity contribution in [3.8, 4) is 0 Å². The van der Waals surface area contributed by atoms with E-state index in [0.29, 0.717) is 0 Å². The Hall–Kier alpha value is -2.22. The van der Waals surface area contributed by atoms with Crippen LogP contribution in [0.25, 0.3) is 0 Å². The van der Waals surface area contributed by atoms with E-state index in [1.165, 1.54) is 99.3 Å². The summed E-state index contributed by atoms with van der Waals surface area (Å²) >= 11 is 0. The summed E-state index contributed by atoms with van der Waals surface area (Å²) in [7, 11) is 0. The highest BCUT2D eigenvalue weighted by Gasteiger charge is 2.07. The van der Waals surface area contributed by atoms with E-state index in [1.54, 1.807) is 0 Å². The van der Waals surface area contributed by atoms with Gasteiger partial charge in [0.1, 0.15) is 0 Å². The van der Waals surface area contributed by atoms with Gasteiger partial charge in [0.15, 0.2) is 0 Å². The lowest BCUT2D eigenvalue weighted by atomic mass is 9.97. The third-order valence-corrected chi connectivity index (χ3v) is 7.25. The Morgan fingerprint density at radius 3 is 1.51 bits per heavy atom. The van der Waals surface area contributed by atoms with Crippen molar-refractivity contribution in [1.82, 2.24) is 0 Å². The Kier molecular flexibility index (Phi) is 15.9. The summed E-state index contributed by atoms with van der Waals surface area (Å²) in [6, 6.07) is 13.7. The van der Waals surface area contributed by atoms with Crippen LogP contribution in [0.15, 0.2) is 46.4 Å². The molecule has 37 heavy (non-hydrogen) atoms. The highest BCUT2D eigenvalue weighted by atomic mass is 14.8. The van der Waals surface area contributed by atoms with Crippen LogP contribution in [-0.2, 0) is 25.7 Å². The Balaban J connectivity index is 2.32. The smallest absolute Gasteiger partial charge is 0.0636 e. The summed E-state index contributed by atoms with van der Waals surface area (Å²) in [5, 5.41) is 0. The van der Waals surface area contributed by atoms with Crippen LogP contribution in [0.4, 0.5) is 11.4 Å². The molecule has 2 rings (SSSR count). The normalized spacial score (nSPS) is 12.1. The van der Waals surface area contributed by atoms with Gasteiger partial charge < -0.3 is 0 Å². The van der Waals surface area contributed by atoms with E-state index in [-0.39, 0.29) is 0 Å². The molecule has 0 saturated carbocycles. The average molecular weight is 503 g/mol. The first kappa shape index (κ1) is 31.0. The molecule has 0 spiro atoms. The quantitative estimate of drug-likeness (QED) is 0.135. The Morgan fingerprint density at radius 2 is 1.00 bits per heavy atom. The molecule has 0 aliphatic rings. The average Bonchev–Trinajstić information content (AvgIpc) is 2.92. The third kappa shape index (κ3) is 11.8. The number of rotatable bonds is 19. The summed E-state index contributed by atoms with van der Waals surface area (Å²) < 4.78 is 0. The van der Waals surface area contributed by atoms with Crippen LogP contribution in [0.5, 0.6) is 0 Å². The van der Waals surface area contributed by atoms with E-state index < -0.39 is 0 Å². The molecule has 0 saturated heterocycles. The maximum absolute atomic E-state index is 5.13. The van der Waals surface area contributed by atoms with Crippen LogP contribution in [0.1, 0.15) is 134 Å². The molecule has 0 amide bonds. The van der Waals surface area contributed by atoms with Gasteiger partial charge in [-0.3, -0.25) is 9.98 Å². The van der Waals surface area contributed by atoms with Gasteiger partial charge in [-0.15, -0.1) is 0 Å². The van der Waals surface area contributed by atoms with Crippen molar-refractivity contribution in [2.45, 2.75) is 137 Å². The minimum atomic E-state index is 0.983. The predicted octanol–water partition coefficient (Wildman–Crippen LogP) is 11.1. The summed E-state index contributed by atoms with van der Waals surface area (Å²) in [4.78, 5) is 10.1. The predicted molar refractivity (Wildman–Crippen MR) is 167 cm³/mol. The third-order valence-electron chi connectivity index (χ3n) is 7.25. The lowest BCUT2D eigenvalue weighted by Crippen LogP contribution is -2.01. The van der Waals surface area contributed by atoms with E-state index in [1.807, 2.05) is 6.21 Å². The molecule has 2 aromatic rings. The summed E-state index contributed by atoms with van der Waals surface area (Å²) in [5.41, 5.74) is 9.24. The monoisotopic (exact) mass is 502 g/mol. The molecule has 0 atom stereocenters. The molecule has 2 nitrogen and oxygen atoms in total. The number of unbranched alkanes of at least 4 members (excludes halogenated alkanes) is 6. The highest BCUT2D eigenvalue weighted by molar-refractivity contribution is 6.31. The molecule has 0 N–H and O–H groups in total. The van der Waals surface area contributed by atoms with Crippen molar-refractivity contribution in [2.24, 2.45) is 9.98 Å². The minimum absolute atomic E-state index is 0.983. The van der Waals surface area contributed by atoms with Crippen LogP contribution in [-0.4, -0.2) is 11.9 Å². The summed E-state index contributed by atoms with van der Waals surface area (Å²) in [6.45, 7) is 11.4. The number of aryl methyl sites for hydroxylation is 4. The van der Waals surface area contributed by atoms with Gasteiger partial charge in [0.05, 0.1) is 17.1 Å². The molecule has 0 radical (unpaired) electrons. The van der Waals surface area contributed by atoms with E-state index in [4.69, 9.17) is 9.98 Å². The van der Waals surface area contributed by atoms with E-state index in [0.717, 1.165) is 42.8 Å². The number of hydrogen-bond acceptors (Lipinski definition) is 2. The molecular weight excluding hydrogens is 448 g/mol. The zero-order valence-electron chi connectivity index (χ0n) is 24.7. The molecule has 0 heterocycles. The first-order chi connectivity index (χ1) is 18.1. The summed E-state index contributed by atoms with van der Waals surface area (Å²) in [6.07, 6.45) is 21.2. The molecule has 0 bridgehead atoms. The molecule has 0 aliphatic carbocycles. The topological polar surface area (TPSA) is 24.7 Å². The van der Waals surface area contributed by atoms with Crippen molar-refractivity contribution in [1.29, 1.82) is 0 Å². The number of benzene rings is 2. The fraction of sp³-hybridized carbons (Fsp3) is 0.600. The molecule has 0 aromatic heterocycles. The Morgan fingerprint density at radius 1 is 0.541 bits per heavy atom. The van der Waals surface area contributed by atoms with Gasteiger partial charge >= 0.3 is 0 Å². The van der Waals surface area contributed by atoms with Crippen molar-refractivity contribution in [3.63, 3.8) is 0 Å². The second-order valence-corrected chi connectivity index (χ2v) is 10.6. The van der Waals surface area contributed by atoms with E-state index >= 15 is 0 Å². The van der Waals surface area contributed by atoms with Crippen LogP contribution in [0.2, 0.25) is 0 Å². The van der Waals surface area contributed by atoms with Crippen molar-refractivity contribution >= 4 is 23.3 Å². The van der Waals surface area contributed by atoms with Gasteiger partial charge in [-0.1, -0.05) is 85.3 Å². The number of aliphatic imine (C=N–C) groups is 2. The second-order valence-electron chi connectivity index (χ2n) is 10.6. The largest absolute Gasteiger partial charge is 0.255 e. The highest BCUT2D eigenvalue weighted by Crippen LogP contribution is 2.24. The van der Waals surface area contributed by atoms with Gasteiger partial charge in [0, 0.05) is 6.21 Å². The molecular formula is C35H54N2. The maximum Gasteiger partial charge on any atom is 0.0636 e. The van der Waals surface area contributed by atoms with Gasteiger partial charge in [-0.25, -0.2) is 0 Å². The van der Waals surface area contributed by atoms with Gasteiger partial charge in [-0.05, 0) is 111 Å². The molecule has 0 fully saturated rings. The number of nitrogens with zero attached hydrogens (tertiary/aromatic N) is 2. The van der Waals surface area contributed by atoms with Crippen LogP contribution in [0.3, 0.4) is 0 Å². The molecule has 204 valence electrons. The number of hydrogen-bond donors (Lipinski definition) is 0. The molecule has 0 unspecified atom stereocenters. The fourth-order valence-corrected chi connectivity index (χ4v) is 4.82. The second kappa shape index (κ2) is 18.9. The van der Waals surface area contributed by atoms with E-state index in [9.17, 15) is 0 Å². The Bertz CT molecular complexity index is 954. The molecule has 2 aromatic carbocycles. The first-order valence-corrected chi connectivity index (χ1v) is 15.5. The Labute approximate surface area is 229 Å². The van der Waals surface area contributed by atoms with E-state index in [2.05, 4.69) is 71.0 Å². The molecule has 2 heteroatoms. The van der Waals surface area contributed by atoms with Crippen LogP contribution >= 0.6 is 0 Å². The van der Waals surface area contributed by atoms with Crippen molar-refractivity contribution in [3.05, 3.63) is 58.7 Å². The van der Waals surface area contributed by atoms with Crippen molar-refractivity contribution < 1.29 is 0 Å². The first-order valence-electron chi connectivity index (χ1n) is 15.5. The van der Waals surface area contributed by atoms with Crippen LogP contribution < -0.4 is 0 Å². The maximum atomic E-state index is 5.13. The lowest BCUT2D eigenvalue weighted by Gasteiger charge is -2.11. The van der Waals surface area contributed by atoms with Gasteiger partial charge in [0.2, 0.25) is 0 Å². The lowest BCUT2D eigenvalue weighted by molar-refractivity contribution is 0.744.